The number of nitrogens with one attached hydrogen (secondary N) is 1. The lowest BCUT2D eigenvalue weighted by Crippen LogP contribution is -2.25. The lowest BCUT2D eigenvalue weighted by molar-refractivity contribution is -0.120. The maximum absolute atomic E-state index is 12.1. The van der Waals surface area contributed by atoms with Gasteiger partial charge in [-0.1, -0.05) is 36.4 Å². The minimum atomic E-state index is -0.0467. The van der Waals surface area contributed by atoms with Gasteiger partial charge in [0.15, 0.2) is 0 Å². The lowest BCUT2D eigenvalue weighted by Gasteiger charge is -2.09. The van der Waals surface area contributed by atoms with Crippen molar-refractivity contribution in [3.05, 3.63) is 83.7 Å². The summed E-state index contributed by atoms with van der Waals surface area (Å²) in [5.74, 6) is -0.0467. The first-order valence-corrected chi connectivity index (χ1v) is 7.79. The van der Waals surface area contributed by atoms with Gasteiger partial charge in [-0.25, -0.2) is 4.68 Å². The van der Waals surface area contributed by atoms with Gasteiger partial charge in [0.2, 0.25) is 5.91 Å². The smallest absolute Gasteiger partial charge is 0.224 e. The molecule has 0 unspecified atom stereocenters. The SMILES string of the molecule is O=C(Cc1ccc(-n2cccn2)cc1)NCc1ccccc1CO. The molecule has 1 aromatic heterocycles. The highest BCUT2D eigenvalue weighted by atomic mass is 16.3. The van der Waals surface area contributed by atoms with Crippen LogP contribution in [-0.4, -0.2) is 20.8 Å². The summed E-state index contributed by atoms with van der Waals surface area (Å²) < 4.78 is 1.77. The van der Waals surface area contributed by atoms with Gasteiger partial charge in [0.05, 0.1) is 18.7 Å². The van der Waals surface area contributed by atoms with Gasteiger partial charge in [0, 0.05) is 18.9 Å². The molecule has 0 bridgehead atoms. The van der Waals surface area contributed by atoms with E-state index >= 15 is 0 Å². The van der Waals surface area contributed by atoms with Crippen LogP contribution in [0.4, 0.5) is 0 Å². The molecule has 0 aliphatic carbocycles. The number of carbonyl (C=O) groups excluding carboxylic acids is 1. The maximum atomic E-state index is 12.1. The molecule has 0 fully saturated rings. The number of carbonyl (C=O) groups is 1. The zero-order valence-electron chi connectivity index (χ0n) is 13.2. The van der Waals surface area contributed by atoms with Crippen LogP contribution in [0, 0.1) is 0 Å². The molecule has 2 N–H and O–H groups in total. The number of rotatable bonds is 6. The number of hydrogen-bond acceptors (Lipinski definition) is 3. The molecule has 0 atom stereocenters. The fourth-order valence-electron chi connectivity index (χ4n) is 2.51. The summed E-state index contributed by atoms with van der Waals surface area (Å²) in [6, 6.07) is 17.1. The zero-order chi connectivity index (χ0) is 16.8. The molecule has 0 aliphatic heterocycles. The van der Waals surface area contributed by atoms with Crippen LogP contribution in [0.25, 0.3) is 5.69 Å². The van der Waals surface area contributed by atoms with Crippen molar-refractivity contribution in [2.24, 2.45) is 0 Å². The molecule has 122 valence electrons. The number of amides is 1. The van der Waals surface area contributed by atoms with Crippen molar-refractivity contribution in [2.45, 2.75) is 19.6 Å². The molecule has 0 radical (unpaired) electrons. The summed E-state index contributed by atoms with van der Waals surface area (Å²) in [7, 11) is 0. The monoisotopic (exact) mass is 321 g/mol. The highest BCUT2D eigenvalue weighted by Gasteiger charge is 2.06. The van der Waals surface area contributed by atoms with Crippen molar-refractivity contribution >= 4 is 5.91 Å². The number of aliphatic hydroxyl groups excluding tert-OH is 1. The van der Waals surface area contributed by atoms with Gasteiger partial charge in [-0.05, 0) is 34.9 Å². The fourth-order valence-corrected chi connectivity index (χ4v) is 2.51. The maximum Gasteiger partial charge on any atom is 0.224 e. The fraction of sp³-hybridized carbons (Fsp3) is 0.158. The van der Waals surface area contributed by atoms with E-state index in [1.807, 2.05) is 60.8 Å². The molecule has 24 heavy (non-hydrogen) atoms. The molecule has 3 aromatic rings. The third-order valence-electron chi connectivity index (χ3n) is 3.83. The van der Waals surface area contributed by atoms with Gasteiger partial charge >= 0.3 is 0 Å². The van der Waals surface area contributed by atoms with Crippen molar-refractivity contribution in [1.29, 1.82) is 0 Å². The number of hydrogen-bond donors (Lipinski definition) is 2. The first kappa shape index (κ1) is 16.0. The van der Waals surface area contributed by atoms with Crippen LogP contribution in [0.15, 0.2) is 67.0 Å². The van der Waals surface area contributed by atoms with Crippen LogP contribution < -0.4 is 5.32 Å². The van der Waals surface area contributed by atoms with Gasteiger partial charge in [0.25, 0.3) is 0 Å². The summed E-state index contributed by atoms with van der Waals surface area (Å²) in [6.45, 7) is 0.391. The van der Waals surface area contributed by atoms with E-state index in [1.165, 1.54) is 0 Å². The molecule has 0 saturated heterocycles. The average Bonchev–Trinajstić information content (AvgIpc) is 3.15. The predicted molar refractivity (Wildman–Crippen MR) is 91.5 cm³/mol. The van der Waals surface area contributed by atoms with E-state index < -0.39 is 0 Å². The van der Waals surface area contributed by atoms with Crippen molar-refractivity contribution in [2.75, 3.05) is 0 Å². The molecule has 2 aromatic carbocycles. The topological polar surface area (TPSA) is 67.2 Å². The van der Waals surface area contributed by atoms with E-state index in [-0.39, 0.29) is 12.5 Å². The summed E-state index contributed by atoms with van der Waals surface area (Å²) in [6.07, 6.45) is 3.92. The summed E-state index contributed by atoms with van der Waals surface area (Å²) >= 11 is 0. The normalized spacial score (nSPS) is 10.5. The van der Waals surface area contributed by atoms with Crippen LogP contribution >= 0.6 is 0 Å². The molecule has 0 aliphatic rings. The predicted octanol–water partition coefficient (Wildman–Crippen LogP) is 2.22. The number of benzene rings is 2. The molecule has 0 saturated carbocycles. The van der Waals surface area contributed by atoms with Crippen molar-refractivity contribution in [1.82, 2.24) is 15.1 Å². The van der Waals surface area contributed by atoms with Crippen LogP contribution in [0.5, 0.6) is 0 Å². The van der Waals surface area contributed by atoms with E-state index in [2.05, 4.69) is 10.4 Å². The van der Waals surface area contributed by atoms with Gasteiger partial charge in [-0.15, -0.1) is 0 Å². The minimum Gasteiger partial charge on any atom is -0.392 e. The molecule has 5 heteroatoms. The molecule has 1 heterocycles. The number of aliphatic hydroxyl groups is 1. The number of nitrogens with zero attached hydrogens (tertiary/aromatic N) is 2. The quantitative estimate of drug-likeness (QED) is 0.731. The Balaban J connectivity index is 1.57. The Morgan fingerprint density at radius 2 is 1.79 bits per heavy atom. The van der Waals surface area contributed by atoms with E-state index in [4.69, 9.17) is 0 Å². The molecule has 5 nitrogen and oxygen atoms in total. The summed E-state index contributed by atoms with van der Waals surface area (Å²) in [4.78, 5) is 12.1. The Labute approximate surface area is 140 Å². The van der Waals surface area contributed by atoms with E-state index in [0.717, 1.165) is 22.4 Å². The van der Waals surface area contributed by atoms with Crippen LogP contribution in [0.3, 0.4) is 0 Å². The summed E-state index contributed by atoms with van der Waals surface area (Å²) in [5.41, 5.74) is 3.67. The van der Waals surface area contributed by atoms with Crippen LogP contribution in [-0.2, 0) is 24.4 Å². The van der Waals surface area contributed by atoms with E-state index in [1.54, 1.807) is 10.9 Å². The first-order valence-electron chi connectivity index (χ1n) is 7.79. The highest BCUT2D eigenvalue weighted by Crippen LogP contribution is 2.10. The average molecular weight is 321 g/mol. The minimum absolute atomic E-state index is 0.0269. The second kappa shape index (κ2) is 7.57. The third kappa shape index (κ3) is 3.88. The zero-order valence-corrected chi connectivity index (χ0v) is 13.2. The Hall–Kier alpha value is -2.92. The van der Waals surface area contributed by atoms with Gasteiger partial charge in [0.1, 0.15) is 0 Å². The Kier molecular flexibility index (Phi) is 5.03. The second-order valence-corrected chi connectivity index (χ2v) is 5.50. The second-order valence-electron chi connectivity index (χ2n) is 5.50. The van der Waals surface area contributed by atoms with Crippen LogP contribution in [0.1, 0.15) is 16.7 Å². The molecular formula is C19H19N3O2. The summed E-state index contributed by atoms with van der Waals surface area (Å²) in [5, 5.41) is 16.4. The van der Waals surface area contributed by atoms with Crippen molar-refractivity contribution in [3.63, 3.8) is 0 Å². The third-order valence-corrected chi connectivity index (χ3v) is 3.83. The molecule has 1 amide bonds. The van der Waals surface area contributed by atoms with E-state index in [0.29, 0.717) is 13.0 Å². The van der Waals surface area contributed by atoms with Gasteiger partial charge < -0.3 is 10.4 Å². The molecule has 3 rings (SSSR count). The van der Waals surface area contributed by atoms with Gasteiger partial charge in [-0.3, -0.25) is 4.79 Å². The number of aromatic nitrogens is 2. The van der Waals surface area contributed by atoms with Crippen molar-refractivity contribution in [3.8, 4) is 5.69 Å². The standard InChI is InChI=1S/C19H19N3O2/c23-14-17-5-2-1-4-16(17)13-20-19(24)12-15-6-8-18(9-7-15)22-11-3-10-21-22/h1-11,23H,12-14H2,(H,20,24). The largest absolute Gasteiger partial charge is 0.392 e. The van der Waals surface area contributed by atoms with Gasteiger partial charge in [-0.2, -0.15) is 5.10 Å². The highest BCUT2D eigenvalue weighted by molar-refractivity contribution is 5.78. The lowest BCUT2D eigenvalue weighted by atomic mass is 10.1. The molecular weight excluding hydrogens is 302 g/mol. The van der Waals surface area contributed by atoms with Crippen LogP contribution in [0.2, 0.25) is 0 Å². The Morgan fingerprint density at radius 1 is 1.04 bits per heavy atom. The molecule has 0 spiro atoms. The van der Waals surface area contributed by atoms with Crippen molar-refractivity contribution < 1.29 is 9.90 Å². The first-order chi connectivity index (χ1) is 11.8. The Bertz CT molecular complexity index is 796. The Morgan fingerprint density at radius 3 is 2.46 bits per heavy atom. The van der Waals surface area contributed by atoms with E-state index in [9.17, 15) is 9.90 Å².